The number of alkyl carbamates (subject to hydrolysis) is 1. The lowest BCUT2D eigenvalue weighted by molar-refractivity contribution is 0.0524. The Balaban J connectivity index is 2.06. The molecule has 0 saturated carbocycles. The first-order valence-electron chi connectivity index (χ1n) is 6.92. The van der Waals surface area contributed by atoms with Gasteiger partial charge < -0.3 is 20.8 Å². The summed E-state index contributed by atoms with van der Waals surface area (Å²) >= 11 is 3.37. The Hall–Kier alpha value is -1.18. The van der Waals surface area contributed by atoms with Crippen molar-refractivity contribution >= 4 is 42.0 Å². The minimum absolute atomic E-state index is 0.308. The number of benzene rings is 1. The van der Waals surface area contributed by atoms with Gasteiger partial charge in [0.15, 0.2) is 0 Å². The number of aromatic amines is 1. The molecule has 1 unspecified atom stereocenters. The number of carbonyl (C=O) groups excluding carboxylic acids is 1. The highest BCUT2D eigenvalue weighted by Crippen LogP contribution is 2.30. The maximum absolute atomic E-state index is 11.7. The smallest absolute Gasteiger partial charge is 0.407 e. The van der Waals surface area contributed by atoms with Crippen molar-refractivity contribution in [3.63, 3.8) is 0 Å². The standard InChI is InChI=1S/C15H20BrN3O2S/c1-15(2,3)21-14(20)19-8-12(17)11-7-18-13-5-4-9(22-16)6-10(11)13/h4-7,12,18H,8,17H2,1-3H3,(H,19,20). The Morgan fingerprint density at radius 2 is 2.23 bits per heavy atom. The van der Waals surface area contributed by atoms with E-state index in [1.807, 2.05) is 39.1 Å². The topological polar surface area (TPSA) is 80.1 Å². The summed E-state index contributed by atoms with van der Waals surface area (Å²) in [5.41, 5.74) is 7.67. The Morgan fingerprint density at radius 1 is 1.50 bits per heavy atom. The molecule has 0 radical (unpaired) electrons. The molecule has 2 aromatic rings. The monoisotopic (exact) mass is 385 g/mol. The average molecular weight is 386 g/mol. The number of carbonyl (C=O) groups is 1. The van der Waals surface area contributed by atoms with Gasteiger partial charge in [-0.1, -0.05) is 0 Å². The van der Waals surface area contributed by atoms with Gasteiger partial charge in [-0.2, -0.15) is 0 Å². The van der Waals surface area contributed by atoms with Gasteiger partial charge in [0.1, 0.15) is 5.60 Å². The van der Waals surface area contributed by atoms with Crippen molar-refractivity contribution in [3.05, 3.63) is 30.0 Å². The van der Waals surface area contributed by atoms with Crippen LogP contribution in [0.25, 0.3) is 10.9 Å². The van der Waals surface area contributed by atoms with Crippen LogP contribution in [-0.4, -0.2) is 23.2 Å². The molecular weight excluding hydrogens is 366 g/mol. The fourth-order valence-corrected chi connectivity index (χ4v) is 2.98. The lowest BCUT2D eigenvalue weighted by Gasteiger charge is -2.20. The van der Waals surface area contributed by atoms with Crippen molar-refractivity contribution in [1.29, 1.82) is 0 Å². The van der Waals surface area contributed by atoms with Crippen LogP contribution in [0.1, 0.15) is 32.4 Å². The molecule has 4 N–H and O–H groups in total. The quantitative estimate of drug-likeness (QED) is 0.739. The highest BCUT2D eigenvalue weighted by atomic mass is 79.9. The zero-order valence-electron chi connectivity index (χ0n) is 12.8. The summed E-state index contributed by atoms with van der Waals surface area (Å²) in [7, 11) is 1.50. The first-order chi connectivity index (χ1) is 10.3. The molecule has 7 heteroatoms. The van der Waals surface area contributed by atoms with Gasteiger partial charge in [-0.25, -0.2) is 4.79 Å². The Morgan fingerprint density at radius 3 is 2.86 bits per heavy atom. The van der Waals surface area contributed by atoms with Gasteiger partial charge >= 0.3 is 6.09 Å². The summed E-state index contributed by atoms with van der Waals surface area (Å²) in [4.78, 5) is 16.0. The number of amides is 1. The summed E-state index contributed by atoms with van der Waals surface area (Å²) < 4.78 is 5.21. The third kappa shape index (κ3) is 4.41. The summed E-state index contributed by atoms with van der Waals surface area (Å²) in [5, 5.41) is 3.76. The third-order valence-corrected chi connectivity index (χ3v) is 4.59. The summed E-state index contributed by atoms with van der Waals surface area (Å²) in [6.07, 6.45) is 1.42. The maximum Gasteiger partial charge on any atom is 0.407 e. The van der Waals surface area contributed by atoms with E-state index < -0.39 is 11.7 Å². The van der Waals surface area contributed by atoms with Crippen molar-refractivity contribution in [1.82, 2.24) is 10.3 Å². The molecule has 0 aliphatic carbocycles. The molecule has 0 bridgehead atoms. The van der Waals surface area contributed by atoms with Crippen molar-refractivity contribution in [2.75, 3.05) is 6.54 Å². The molecule has 0 fully saturated rings. The Bertz CT molecular complexity index is 666. The number of nitrogens with two attached hydrogens (primary N) is 1. The molecule has 0 saturated heterocycles. The predicted octanol–water partition coefficient (Wildman–Crippen LogP) is 4.09. The number of nitrogens with one attached hydrogen (secondary N) is 2. The second-order valence-electron chi connectivity index (χ2n) is 6.02. The van der Waals surface area contributed by atoms with Gasteiger partial charge in [-0.3, -0.25) is 0 Å². The molecule has 1 aromatic heterocycles. The molecule has 120 valence electrons. The second kappa shape index (κ2) is 6.93. The summed E-state index contributed by atoms with van der Waals surface area (Å²) in [6.45, 7) is 5.79. The van der Waals surface area contributed by atoms with Crippen molar-refractivity contribution in [3.8, 4) is 0 Å². The number of halogens is 1. The van der Waals surface area contributed by atoms with Crippen LogP contribution >= 0.6 is 25.0 Å². The van der Waals surface area contributed by atoms with Crippen LogP contribution in [0.3, 0.4) is 0 Å². The zero-order chi connectivity index (χ0) is 16.3. The molecule has 5 nitrogen and oxygen atoms in total. The number of aromatic nitrogens is 1. The molecule has 1 amide bonds. The predicted molar refractivity (Wildman–Crippen MR) is 94.2 cm³/mol. The SMILES string of the molecule is CC(C)(C)OC(=O)NCC(N)c1c[nH]c2ccc(SBr)cc12. The van der Waals surface area contributed by atoms with E-state index >= 15 is 0 Å². The minimum atomic E-state index is -0.517. The van der Waals surface area contributed by atoms with Gasteiger partial charge in [0, 0.05) is 34.6 Å². The molecule has 0 aliphatic rings. The zero-order valence-corrected chi connectivity index (χ0v) is 15.2. The van der Waals surface area contributed by atoms with Gasteiger partial charge in [-0.05, 0) is 69.5 Å². The van der Waals surface area contributed by atoms with Crippen LogP contribution in [0.4, 0.5) is 4.79 Å². The van der Waals surface area contributed by atoms with Crippen LogP contribution < -0.4 is 11.1 Å². The molecule has 1 heterocycles. The summed E-state index contributed by atoms with van der Waals surface area (Å²) in [5.74, 6) is 0. The van der Waals surface area contributed by atoms with E-state index in [4.69, 9.17) is 10.5 Å². The third-order valence-electron chi connectivity index (χ3n) is 3.04. The van der Waals surface area contributed by atoms with E-state index in [0.29, 0.717) is 6.54 Å². The lowest BCUT2D eigenvalue weighted by atomic mass is 10.1. The summed E-state index contributed by atoms with van der Waals surface area (Å²) in [6, 6.07) is 5.79. The van der Waals surface area contributed by atoms with E-state index in [0.717, 1.165) is 21.4 Å². The molecular formula is C15H20BrN3O2S. The lowest BCUT2D eigenvalue weighted by Crippen LogP contribution is -2.36. The van der Waals surface area contributed by atoms with E-state index in [1.54, 1.807) is 0 Å². The Labute approximate surface area is 141 Å². The van der Waals surface area contributed by atoms with Gasteiger partial charge in [-0.15, -0.1) is 0 Å². The van der Waals surface area contributed by atoms with Crippen LogP contribution in [0.5, 0.6) is 0 Å². The average Bonchev–Trinajstić information content (AvgIpc) is 2.85. The van der Waals surface area contributed by atoms with E-state index in [-0.39, 0.29) is 6.04 Å². The molecule has 0 spiro atoms. The number of H-pyrrole nitrogens is 1. The van der Waals surface area contributed by atoms with Crippen LogP contribution in [0.2, 0.25) is 0 Å². The minimum Gasteiger partial charge on any atom is -0.444 e. The van der Waals surface area contributed by atoms with Gasteiger partial charge in [0.2, 0.25) is 0 Å². The van der Waals surface area contributed by atoms with E-state index in [9.17, 15) is 4.79 Å². The number of ether oxygens (including phenoxy) is 1. The Kier molecular flexibility index (Phi) is 5.41. The largest absolute Gasteiger partial charge is 0.444 e. The van der Waals surface area contributed by atoms with E-state index in [1.165, 1.54) is 10.2 Å². The van der Waals surface area contributed by atoms with Crippen LogP contribution in [0.15, 0.2) is 29.3 Å². The molecule has 0 aliphatic heterocycles. The van der Waals surface area contributed by atoms with Gasteiger partial charge in [0.05, 0.1) is 0 Å². The first kappa shape index (κ1) is 17.2. The number of hydrogen-bond acceptors (Lipinski definition) is 4. The number of hydrogen-bond donors (Lipinski definition) is 3. The fraction of sp³-hybridized carbons (Fsp3) is 0.400. The van der Waals surface area contributed by atoms with Crippen LogP contribution in [-0.2, 0) is 4.74 Å². The highest BCUT2D eigenvalue weighted by molar-refractivity contribution is 9.50. The molecule has 1 atom stereocenters. The molecule has 22 heavy (non-hydrogen) atoms. The maximum atomic E-state index is 11.7. The molecule has 2 rings (SSSR count). The first-order valence-corrected chi connectivity index (χ1v) is 9.58. The van der Waals surface area contributed by atoms with Crippen molar-refractivity contribution < 1.29 is 9.53 Å². The normalized spacial score (nSPS) is 13.1. The fourth-order valence-electron chi connectivity index (χ4n) is 2.09. The highest BCUT2D eigenvalue weighted by Gasteiger charge is 2.18. The molecule has 1 aromatic carbocycles. The van der Waals surface area contributed by atoms with Gasteiger partial charge in [0.25, 0.3) is 0 Å². The number of fused-ring (bicyclic) bond motifs is 1. The number of rotatable bonds is 4. The van der Waals surface area contributed by atoms with E-state index in [2.05, 4.69) is 31.2 Å². The van der Waals surface area contributed by atoms with Crippen molar-refractivity contribution in [2.24, 2.45) is 5.73 Å². The van der Waals surface area contributed by atoms with Crippen molar-refractivity contribution in [2.45, 2.75) is 37.3 Å². The van der Waals surface area contributed by atoms with Crippen LogP contribution in [0, 0.1) is 0 Å². The second-order valence-corrected chi connectivity index (χ2v) is 7.61.